The number of carbonyl (C=O) groups is 2. The van der Waals surface area contributed by atoms with Crippen LogP contribution < -0.4 is 4.74 Å². The topological polar surface area (TPSA) is 89.0 Å². The fourth-order valence-electron chi connectivity index (χ4n) is 4.19. The minimum Gasteiger partial charge on any atom is -0.482 e. The van der Waals surface area contributed by atoms with Crippen LogP contribution in [-0.4, -0.2) is 40.2 Å². The van der Waals surface area contributed by atoms with Crippen molar-refractivity contribution in [2.45, 2.75) is 32.9 Å². The maximum absolute atomic E-state index is 13.3. The molecule has 1 unspecified atom stereocenters. The number of fused-ring (bicyclic) bond motifs is 1. The molecule has 34 heavy (non-hydrogen) atoms. The van der Waals surface area contributed by atoms with Gasteiger partial charge in [-0.05, 0) is 55.7 Å². The summed E-state index contributed by atoms with van der Waals surface area (Å²) in [6, 6.07) is 16.1. The van der Waals surface area contributed by atoms with Gasteiger partial charge in [0.1, 0.15) is 12.4 Å². The number of aromatic nitrogens is 1. The van der Waals surface area contributed by atoms with Crippen LogP contribution in [0.5, 0.6) is 5.75 Å². The standard InChI is InChI=1S/C26H25ClN2O5/c1-16-7-8-19(17(2)28-16)14-34-26(32)29-12-11-18-5-3-4-6-21(18)25(29)22-13-20(27)9-10-23(22)33-15-24(30)31/h3-10,13,25H,11-12,14-15H2,1-2H3,(H,30,31). The number of hydrogen-bond acceptors (Lipinski definition) is 5. The van der Waals surface area contributed by atoms with Crippen LogP contribution in [0, 0.1) is 13.8 Å². The smallest absolute Gasteiger partial charge is 0.410 e. The summed E-state index contributed by atoms with van der Waals surface area (Å²) in [4.78, 5) is 30.5. The number of aryl methyl sites for hydroxylation is 2. The summed E-state index contributed by atoms with van der Waals surface area (Å²) in [5.41, 5.74) is 5.16. The minimum atomic E-state index is -1.09. The zero-order valence-electron chi connectivity index (χ0n) is 19.0. The van der Waals surface area contributed by atoms with E-state index in [1.807, 2.05) is 50.2 Å². The van der Waals surface area contributed by atoms with Gasteiger partial charge in [0.05, 0.1) is 6.04 Å². The molecule has 0 radical (unpaired) electrons. The van der Waals surface area contributed by atoms with E-state index in [1.54, 1.807) is 23.1 Å². The summed E-state index contributed by atoms with van der Waals surface area (Å²) in [6.45, 7) is 3.81. The van der Waals surface area contributed by atoms with Crippen LogP contribution in [0.2, 0.25) is 5.02 Å². The second-order valence-electron chi connectivity index (χ2n) is 8.16. The largest absolute Gasteiger partial charge is 0.482 e. The van der Waals surface area contributed by atoms with E-state index in [4.69, 9.17) is 26.2 Å². The zero-order chi connectivity index (χ0) is 24.2. The quantitative estimate of drug-likeness (QED) is 0.528. The molecular formula is C26H25ClN2O5. The second kappa shape index (κ2) is 10.1. The van der Waals surface area contributed by atoms with Gasteiger partial charge in [-0.2, -0.15) is 0 Å². The maximum atomic E-state index is 13.3. The van der Waals surface area contributed by atoms with Crippen LogP contribution in [-0.2, 0) is 22.6 Å². The number of nitrogens with zero attached hydrogens (tertiary/aromatic N) is 2. The SMILES string of the molecule is Cc1ccc(COC(=O)N2CCc3ccccc3C2c2cc(Cl)ccc2OCC(=O)O)c(C)n1. The lowest BCUT2D eigenvalue weighted by molar-refractivity contribution is -0.139. The lowest BCUT2D eigenvalue weighted by Gasteiger charge is -2.37. The molecular weight excluding hydrogens is 456 g/mol. The van der Waals surface area contributed by atoms with E-state index in [2.05, 4.69) is 4.98 Å². The van der Waals surface area contributed by atoms with Crippen LogP contribution >= 0.6 is 11.6 Å². The molecule has 7 nitrogen and oxygen atoms in total. The maximum Gasteiger partial charge on any atom is 0.410 e. The molecule has 0 aliphatic carbocycles. The van der Waals surface area contributed by atoms with Crippen molar-refractivity contribution >= 4 is 23.7 Å². The molecule has 1 amide bonds. The Morgan fingerprint density at radius 2 is 1.91 bits per heavy atom. The molecule has 3 aromatic rings. The number of benzene rings is 2. The van der Waals surface area contributed by atoms with Crippen molar-refractivity contribution in [3.05, 3.63) is 93.3 Å². The minimum absolute atomic E-state index is 0.0979. The number of rotatable bonds is 6. The monoisotopic (exact) mass is 480 g/mol. The highest BCUT2D eigenvalue weighted by atomic mass is 35.5. The number of carboxylic acid groups (broad SMARTS) is 1. The zero-order valence-corrected chi connectivity index (χ0v) is 19.7. The van der Waals surface area contributed by atoms with E-state index in [-0.39, 0.29) is 6.61 Å². The Morgan fingerprint density at radius 3 is 2.68 bits per heavy atom. The third kappa shape index (κ3) is 5.15. The third-order valence-electron chi connectivity index (χ3n) is 5.82. The molecule has 1 aromatic heterocycles. The molecule has 2 heterocycles. The molecule has 1 atom stereocenters. The van der Waals surface area contributed by atoms with Gasteiger partial charge in [-0.25, -0.2) is 9.59 Å². The Labute approximate surface area is 202 Å². The summed E-state index contributed by atoms with van der Waals surface area (Å²) < 4.78 is 11.3. The van der Waals surface area contributed by atoms with Crippen LogP contribution in [0.4, 0.5) is 4.79 Å². The molecule has 0 saturated carbocycles. The first-order valence-corrected chi connectivity index (χ1v) is 11.3. The normalized spacial score (nSPS) is 14.9. The molecule has 0 fully saturated rings. The predicted octanol–water partition coefficient (Wildman–Crippen LogP) is 5.10. The number of amides is 1. The Morgan fingerprint density at radius 1 is 1.12 bits per heavy atom. The van der Waals surface area contributed by atoms with Crippen molar-refractivity contribution in [2.75, 3.05) is 13.2 Å². The summed E-state index contributed by atoms with van der Waals surface area (Å²) in [5.74, 6) is -0.742. The highest BCUT2D eigenvalue weighted by Crippen LogP contribution is 2.40. The van der Waals surface area contributed by atoms with E-state index >= 15 is 0 Å². The lowest BCUT2D eigenvalue weighted by Crippen LogP contribution is -2.41. The molecule has 1 aliphatic heterocycles. The van der Waals surface area contributed by atoms with Crippen molar-refractivity contribution in [1.82, 2.24) is 9.88 Å². The van der Waals surface area contributed by atoms with Crippen molar-refractivity contribution in [2.24, 2.45) is 0 Å². The summed E-state index contributed by atoms with van der Waals surface area (Å²) in [5, 5.41) is 9.56. The number of ether oxygens (including phenoxy) is 2. The van der Waals surface area contributed by atoms with Crippen LogP contribution in [0.15, 0.2) is 54.6 Å². The predicted molar refractivity (Wildman–Crippen MR) is 127 cm³/mol. The fraction of sp³-hybridized carbons (Fsp3) is 0.269. The first kappa shape index (κ1) is 23.6. The first-order valence-electron chi connectivity index (χ1n) is 10.9. The number of carbonyl (C=O) groups excluding carboxylic acids is 1. The van der Waals surface area contributed by atoms with Gasteiger partial charge in [0.25, 0.3) is 0 Å². The van der Waals surface area contributed by atoms with Gasteiger partial charge in [0, 0.05) is 34.1 Å². The Kier molecular flexibility index (Phi) is 7.03. The Balaban J connectivity index is 1.68. The van der Waals surface area contributed by atoms with E-state index in [9.17, 15) is 9.59 Å². The van der Waals surface area contributed by atoms with Crippen molar-refractivity contribution < 1.29 is 24.2 Å². The van der Waals surface area contributed by atoms with Gasteiger partial charge in [0.15, 0.2) is 6.61 Å². The number of hydrogen-bond donors (Lipinski definition) is 1. The van der Waals surface area contributed by atoms with E-state index < -0.39 is 24.7 Å². The molecule has 8 heteroatoms. The molecule has 4 rings (SSSR count). The van der Waals surface area contributed by atoms with Gasteiger partial charge in [-0.15, -0.1) is 0 Å². The molecule has 0 saturated heterocycles. The van der Waals surface area contributed by atoms with Crippen molar-refractivity contribution in [3.63, 3.8) is 0 Å². The van der Waals surface area contributed by atoms with E-state index in [0.717, 1.165) is 28.1 Å². The van der Waals surface area contributed by atoms with Gasteiger partial charge < -0.3 is 14.6 Å². The van der Waals surface area contributed by atoms with Crippen molar-refractivity contribution in [3.8, 4) is 5.75 Å². The molecule has 176 valence electrons. The first-order chi connectivity index (χ1) is 16.3. The van der Waals surface area contributed by atoms with Crippen molar-refractivity contribution in [1.29, 1.82) is 0 Å². The van der Waals surface area contributed by atoms with Gasteiger partial charge >= 0.3 is 12.1 Å². The highest BCUT2D eigenvalue weighted by molar-refractivity contribution is 6.30. The summed E-state index contributed by atoms with van der Waals surface area (Å²) >= 11 is 6.31. The average Bonchev–Trinajstić information content (AvgIpc) is 2.81. The molecule has 0 bridgehead atoms. The third-order valence-corrected chi connectivity index (χ3v) is 6.06. The Bertz CT molecular complexity index is 1230. The molecule has 0 spiro atoms. The fourth-order valence-corrected chi connectivity index (χ4v) is 4.37. The number of halogens is 1. The Hall–Kier alpha value is -3.58. The lowest BCUT2D eigenvalue weighted by atomic mass is 9.88. The van der Waals surface area contributed by atoms with E-state index in [0.29, 0.717) is 29.3 Å². The molecule has 2 aromatic carbocycles. The van der Waals surface area contributed by atoms with Gasteiger partial charge in [-0.3, -0.25) is 9.88 Å². The number of aliphatic carboxylic acids is 1. The summed E-state index contributed by atoms with van der Waals surface area (Å²) in [7, 11) is 0. The van der Waals surface area contributed by atoms with Gasteiger partial charge in [-0.1, -0.05) is 41.9 Å². The van der Waals surface area contributed by atoms with Crippen LogP contribution in [0.3, 0.4) is 0 Å². The second-order valence-corrected chi connectivity index (χ2v) is 8.60. The molecule has 1 aliphatic rings. The number of carboxylic acids is 1. The highest BCUT2D eigenvalue weighted by Gasteiger charge is 2.35. The summed E-state index contributed by atoms with van der Waals surface area (Å²) in [6.07, 6.45) is 0.183. The number of pyridine rings is 1. The molecule has 1 N–H and O–H groups in total. The van der Waals surface area contributed by atoms with Crippen LogP contribution in [0.25, 0.3) is 0 Å². The van der Waals surface area contributed by atoms with Crippen LogP contribution in [0.1, 0.15) is 39.7 Å². The van der Waals surface area contributed by atoms with E-state index in [1.165, 1.54) is 0 Å². The van der Waals surface area contributed by atoms with Gasteiger partial charge in [0.2, 0.25) is 0 Å². The average molecular weight is 481 g/mol.